The van der Waals surface area contributed by atoms with Gasteiger partial charge in [-0.15, -0.1) is 0 Å². The highest BCUT2D eigenvalue weighted by Crippen LogP contribution is 2.21. The van der Waals surface area contributed by atoms with Gasteiger partial charge < -0.3 is 4.90 Å². The number of amides is 1. The number of nitrogens with zero attached hydrogens (tertiary/aromatic N) is 2. The van der Waals surface area contributed by atoms with E-state index in [1.165, 1.54) is 32.4 Å². The van der Waals surface area contributed by atoms with Crippen molar-refractivity contribution in [2.45, 2.75) is 39.2 Å². The summed E-state index contributed by atoms with van der Waals surface area (Å²) < 4.78 is 0. The minimum absolute atomic E-state index is 0.155. The number of likely N-dealkylation sites (tertiary alicyclic amines) is 2. The molecule has 0 bridgehead atoms. The van der Waals surface area contributed by atoms with E-state index in [0.29, 0.717) is 11.9 Å². The Morgan fingerprint density at radius 3 is 2.47 bits per heavy atom. The molecule has 3 nitrogen and oxygen atoms in total. The van der Waals surface area contributed by atoms with Crippen LogP contribution in [-0.4, -0.2) is 47.9 Å². The minimum Gasteiger partial charge on any atom is -0.341 e. The summed E-state index contributed by atoms with van der Waals surface area (Å²) in [6, 6.07) is 0.648. The molecule has 0 spiro atoms. The lowest BCUT2D eigenvalue weighted by Gasteiger charge is -2.24. The highest BCUT2D eigenvalue weighted by Gasteiger charge is 2.31. The molecule has 2 heterocycles. The van der Waals surface area contributed by atoms with Crippen molar-refractivity contribution in [3.63, 3.8) is 0 Å². The van der Waals surface area contributed by atoms with Gasteiger partial charge in [-0.2, -0.15) is 0 Å². The molecule has 0 unspecified atom stereocenters. The fourth-order valence-electron chi connectivity index (χ4n) is 2.71. The molecule has 1 atom stereocenters. The Morgan fingerprint density at radius 1 is 1.20 bits per heavy atom. The predicted octanol–water partition coefficient (Wildman–Crippen LogP) is 1.34. The standard InChI is InChI=1S/C12H22N2O/c1-10(2)12(15)14-8-5-11(9-14)13-6-3-4-7-13/h10-11H,3-9H2,1-2H3/t11-/m0/s1. The number of hydrogen-bond acceptors (Lipinski definition) is 2. The van der Waals surface area contributed by atoms with E-state index in [2.05, 4.69) is 4.90 Å². The first-order valence-electron chi connectivity index (χ1n) is 6.21. The molecule has 0 N–H and O–H groups in total. The first-order chi connectivity index (χ1) is 7.18. The van der Waals surface area contributed by atoms with E-state index in [1.54, 1.807) is 0 Å². The topological polar surface area (TPSA) is 23.6 Å². The highest BCUT2D eigenvalue weighted by molar-refractivity contribution is 5.78. The average Bonchev–Trinajstić information content (AvgIpc) is 2.86. The SMILES string of the molecule is CC(C)C(=O)N1CC[C@H](N2CCCC2)C1. The van der Waals surface area contributed by atoms with E-state index in [-0.39, 0.29) is 5.92 Å². The van der Waals surface area contributed by atoms with Crippen LogP contribution in [0.5, 0.6) is 0 Å². The molecule has 0 aromatic carbocycles. The summed E-state index contributed by atoms with van der Waals surface area (Å²) in [7, 11) is 0. The molecular weight excluding hydrogens is 188 g/mol. The van der Waals surface area contributed by atoms with Gasteiger partial charge in [-0.1, -0.05) is 13.8 Å². The molecule has 0 aliphatic carbocycles. The lowest BCUT2D eigenvalue weighted by atomic mass is 10.2. The molecule has 86 valence electrons. The maximum Gasteiger partial charge on any atom is 0.225 e. The van der Waals surface area contributed by atoms with Crippen molar-refractivity contribution in [2.24, 2.45) is 5.92 Å². The molecule has 15 heavy (non-hydrogen) atoms. The Morgan fingerprint density at radius 2 is 1.87 bits per heavy atom. The average molecular weight is 210 g/mol. The van der Waals surface area contributed by atoms with Crippen LogP contribution in [-0.2, 0) is 4.79 Å². The molecule has 2 fully saturated rings. The zero-order valence-electron chi connectivity index (χ0n) is 9.91. The normalized spacial score (nSPS) is 27.9. The molecule has 2 aliphatic heterocycles. The van der Waals surface area contributed by atoms with E-state index in [9.17, 15) is 4.79 Å². The van der Waals surface area contributed by atoms with Crippen LogP contribution in [0.2, 0.25) is 0 Å². The number of hydrogen-bond donors (Lipinski definition) is 0. The van der Waals surface area contributed by atoms with Gasteiger partial charge in [0.25, 0.3) is 0 Å². The smallest absolute Gasteiger partial charge is 0.225 e. The summed E-state index contributed by atoms with van der Waals surface area (Å²) in [6.45, 7) is 8.41. The van der Waals surface area contributed by atoms with Gasteiger partial charge >= 0.3 is 0 Å². The second kappa shape index (κ2) is 4.52. The third-order valence-corrected chi connectivity index (χ3v) is 3.63. The summed E-state index contributed by atoms with van der Waals surface area (Å²) in [5.74, 6) is 0.485. The fourth-order valence-corrected chi connectivity index (χ4v) is 2.71. The zero-order chi connectivity index (χ0) is 10.8. The monoisotopic (exact) mass is 210 g/mol. The number of rotatable bonds is 2. The zero-order valence-corrected chi connectivity index (χ0v) is 9.91. The van der Waals surface area contributed by atoms with Gasteiger partial charge in [-0.25, -0.2) is 0 Å². The van der Waals surface area contributed by atoms with E-state index in [1.807, 2.05) is 18.7 Å². The molecule has 3 heteroatoms. The molecule has 1 amide bonds. The molecule has 0 aromatic rings. The fraction of sp³-hybridized carbons (Fsp3) is 0.917. The van der Waals surface area contributed by atoms with Crippen LogP contribution < -0.4 is 0 Å². The predicted molar refractivity (Wildman–Crippen MR) is 60.6 cm³/mol. The van der Waals surface area contributed by atoms with Crippen LogP contribution in [0.4, 0.5) is 0 Å². The quantitative estimate of drug-likeness (QED) is 0.686. The van der Waals surface area contributed by atoms with Crippen LogP contribution in [0.1, 0.15) is 33.1 Å². The van der Waals surface area contributed by atoms with E-state index in [4.69, 9.17) is 0 Å². The third kappa shape index (κ3) is 2.33. The van der Waals surface area contributed by atoms with E-state index in [0.717, 1.165) is 13.1 Å². The summed E-state index contributed by atoms with van der Waals surface area (Å²) in [4.78, 5) is 16.4. The van der Waals surface area contributed by atoms with Crippen molar-refractivity contribution >= 4 is 5.91 Å². The largest absolute Gasteiger partial charge is 0.341 e. The first kappa shape index (κ1) is 10.9. The molecular formula is C12H22N2O. The van der Waals surface area contributed by atoms with Crippen LogP contribution in [0.25, 0.3) is 0 Å². The van der Waals surface area contributed by atoms with Crippen molar-refractivity contribution < 1.29 is 4.79 Å². The Hall–Kier alpha value is -0.570. The van der Waals surface area contributed by atoms with Crippen molar-refractivity contribution in [2.75, 3.05) is 26.2 Å². The maximum atomic E-state index is 11.8. The van der Waals surface area contributed by atoms with Crippen LogP contribution >= 0.6 is 0 Å². The Balaban J connectivity index is 1.86. The molecule has 2 aliphatic rings. The number of carbonyl (C=O) groups is 1. The van der Waals surface area contributed by atoms with Gasteiger partial charge in [0.05, 0.1) is 0 Å². The summed E-state index contributed by atoms with van der Waals surface area (Å²) in [6.07, 6.45) is 3.86. The Bertz CT molecular complexity index is 234. The minimum atomic E-state index is 0.155. The third-order valence-electron chi connectivity index (χ3n) is 3.63. The van der Waals surface area contributed by atoms with Crippen molar-refractivity contribution in [1.82, 2.24) is 9.80 Å². The van der Waals surface area contributed by atoms with E-state index < -0.39 is 0 Å². The molecule has 0 saturated carbocycles. The van der Waals surface area contributed by atoms with E-state index >= 15 is 0 Å². The molecule has 0 aromatic heterocycles. The lowest BCUT2D eigenvalue weighted by molar-refractivity contribution is -0.133. The first-order valence-corrected chi connectivity index (χ1v) is 6.21. The van der Waals surface area contributed by atoms with Gasteiger partial charge in [0.2, 0.25) is 5.91 Å². The second-order valence-electron chi connectivity index (χ2n) is 5.12. The van der Waals surface area contributed by atoms with Gasteiger partial charge in [0, 0.05) is 25.0 Å². The highest BCUT2D eigenvalue weighted by atomic mass is 16.2. The summed E-state index contributed by atoms with van der Waals surface area (Å²) in [5, 5.41) is 0. The van der Waals surface area contributed by atoms with Gasteiger partial charge in [0.1, 0.15) is 0 Å². The second-order valence-corrected chi connectivity index (χ2v) is 5.12. The van der Waals surface area contributed by atoms with Crippen molar-refractivity contribution in [3.8, 4) is 0 Å². The van der Waals surface area contributed by atoms with Crippen LogP contribution in [0, 0.1) is 5.92 Å². The van der Waals surface area contributed by atoms with Gasteiger partial charge in [-0.05, 0) is 32.4 Å². The summed E-state index contributed by atoms with van der Waals surface area (Å²) in [5.41, 5.74) is 0. The molecule has 2 rings (SSSR count). The van der Waals surface area contributed by atoms with Crippen LogP contribution in [0.3, 0.4) is 0 Å². The Labute approximate surface area is 92.4 Å². The molecule has 0 radical (unpaired) electrons. The maximum absolute atomic E-state index is 11.8. The van der Waals surface area contributed by atoms with Crippen molar-refractivity contribution in [1.29, 1.82) is 0 Å². The molecule has 2 saturated heterocycles. The summed E-state index contributed by atoms with van der Waals surface area (Å²) >= 11 is 0. The lowest BCUT2D eigenvalue weighted by Crippen LogP contribution is -2.38. The number of carbonyl (C=O) groups excluding carboxylic acids is 1. The van der Waals surface area contributed by atoms with Gasteiger partial charge in [0.15, 0.2) is 0 Å². The Kier molecular flexibility index (Phi) is 3.29. The van der Waals surface area contributed by atoms with Gasteiger partial charge in [-0.3, -0.25) is 9.69 Å². The van der Waals surface area contributed by atoms with Crippen LogP contribution in [0.15, 0.2) is 0 Å². The van der Waals surface area contributed by atoms with Crippen molar-refractivity contribution in [3.05, 3.63) is 0 Å².